The van der Waals surface area contributed by atoms with E-state index in [4.69, 9.17) is 4.74 Å². The lowest BCUT2D eigenvalue weighted by Crippen LogP contribution is -2.25. The van der Waals surface area contributed by atoms with Gasteiger partial charge in [0.2, 0.25) is 5.91 Å². The SMILES string of the molecule is COc1ccccc1[C@H]1C[C@H]1C(=O)NCc1ccccc1[N+](=O)[O-]. The maximum absolute atomic E-state index is 12.3. The van der Waals surface area contributed by atoms with E-state index in [1.54, 1.807) is 25.3 Å². The van der Waals surface area contributed by atoms with Crippen molar-refractivity contribution in [3.8, 4) is 5.75 Å². The number of nitro benzene ring substituents is 1. The Bertz CT molecular complexity index is 775. The van der Waals surface area contributed by atoms with Crippen molar-refractivity contribution in [3.63, 3.8) is 0 Å². The second-order valence-corrected chi connectivity index (χ2v) is 5.79. The van der Waals surface area contributed by atoms with Gasteiger partial charge in [-0.3, -0.25) is 14.9 Å². The van der Waals surface area contributed by atoms with Gasteiger partial charge in [0.15, 0.2) is 0 Å². The summed E-state index contributed by atoms with van der Waals surface area (Å²) in [6, 6.07) is 14.1. The van der Waals surface area contributed by atoms with Gasteiger partial charge < -0.3 is 10.1 Å². The third-order valence-electron chi connectivity index (χ3n) is 4.31. The molecule has 1 amide bonds. The first kappa shape index (κ1) is 16.0. The largest absolute Gasteiger partial charge is 0.496 e. The van der Waals surface area contributed by atoms with Crippen molar-refractivity contribution in [1.29, 1.82) is 0 Å². The highest BCUT2D eigenvalue weighted by Gasteiger charge is 2.45. The lowest BCUT2D eigenvalue weighted by molar-refractivity contribution is -0.385. The summed E-state index contributed by atoms with van der Waals surface area (Å²) in [5.74, 6) is 0.747. The van der Waals surface area contributed by atoms with Crippen molar-refractivity contribution in [2.75, 3.05) is 7.11 Å². The number of methoxy groups -OCH3 is 1. The normalized spacial score (nSPS) is 18.7. The molecule has 2 aromatic carbocycles. The van der Waals surface area contributed by atoms with Crippen molar-refractivity contribution in [3.05, 3.63) is 69.8 Å². The van der Waals surface area contributed by atoms with Crippen LogP contribution in [0.4, 0.5) is 5.69 Å². The summed E-state index contributed by atoms with van der Waals surface area (Å²) >= 11 is 0. The number of para-hydroxylation sites is 2. The van der Waals surface area contributed by atoms with Gasteiger partial charge in [-0.15, -0.1) is 0 Å². The van der Waals surface area contributed by atoms with Crippen LogP contribution >= 0.6 is 0 Å². The van der Waals surface area contributed by atoms with Crippen LogP contribution in [-0.2, 0) is 11.3 Å². The molecule has 6 heteroatoms. The fourth-order valence-corrected chi connectivity index (χ4v) is 2.95. The Labute approximate surface area is 139 Å². The molecule has 0 bridgehead atoms. The van der Waals surface area contributed by atoms with E-state index in [0.29, 0.717) is 5.56 Å². The highest BCUT2D eigenvalue weighted by Crippen LogP contribution is 2.50. The van der Waals surface area contributed by atoms with Gasteiger partial charge in [0, 0.05) is 24.1 Å². The summed E-state index contributed by atoms with van der Waals surface area (Å²) in [6.45, 7) is 0.158. The lowest BCUT2D eigenvalue weighted by atomic mass is 10.1. The fraction of sp³-hybridized carbons (Fsp3) is 0.278. The number of hydrogen-bond acceptors (Lipinski definition) is 4. The van der Waals surface area contributed by atoms with Crippen molar-refractivity contribution in [1.82, 2.24) is 5.32 Å². The van der Waals surface area contributed by atoms with Gasteiger partial charge >= 0.3 is 0 Å². The summed E-state index contributed by atoms with van der Waals surface area (Å²) in [5, 5.41) is 13.8. The monoisotopic (exact) mass is 326 g/mol. The molecular weight excluding hydrogens is 308 g/mol. The molecule has 1 saturated carbocycles. The van der Waals surface area contributed by atoms with Crippen molar-refractivity contribution in [2.24, 2.45) is 5.92 Å². The Morgan fingerprint density at radius 3 is 2.71 bits per heavy atom. The Morgan fingerprint density at radius 2 is 1.96 bits per heavy atom. The van der Waals surface area contributed by atoms with E-state index < -0.39 is 4.92 Å². The van der Waals surface area contributed by atoms with Crippen LogP contribution in [0.3, 0.4) is 0 Å². The first-order chi connectivity index (χ1) is 11.6. The Morgan fingerprint density at radius 1 is 1.25 bits per heavy atom. The van der Waals surface area contributed by atoms with Gasteiger partial charge in [-0.05, 0) is 24.0 Å². The molecule has 2 atom stereocenters. The molecule has 24 heavy (non-hydrogen) atoms. The smallest absolute Gasteiger partial charge is 0.274 e. The summed E-state index contributed by atoms with van der Waals surface area (Å²) in [7, 11) is 1.62. The summed E-state index contributed by atoms with van der Waals surface area (Å²) in [5.41, 5.74) is 1.56. The van der Waals surface area contributed by atoms with Crippen molar-refractivity contribution >= 4 is 11.6 Å². The minimum Gasteiger partial charge on any atom is -0.496 e. The van der Waals surface area contributed by atoms with E-state index in [1.165, 1.54) is 6.07 Å². The van der Waals surface area contributed by atoms with Crippen LogP contribution in [0, 0.1) is 16.0 Å². The molecule has 0 unspecified atom stereocenters. The standard InChI is InChI=1S/C18H18N2O4/c1-24-17-9-5-3-7-13(17)14-10-15(14)18(21)19-11-12-6-2-4-8-16(12)20(22)23/h2-9,14-15H,10-11H2,1H3,(H,19,21)/t14-,15-/m1/s1. The molecule has 0 heterocycles. The van der Waals surface area contributed by atoms with Gasteiger partial charge in [-0.1, -0.05) is 36.4 Å². The quantitative estimate of drug-likeness (QED) is 0.653. The van der Waals surface area contributed by atoms with Crippen LogP contribution in [0.1, 0.15) is 23.5 Å². The van der Waals surface area contributed by atoms with Crippen LogP contribution in [-0.4, -0.2) is 17.9 Å². The van der Waals surface area contributed by atoms with E-state index >= 15 is 0 Å². The number of nitrogens with zero attached hydrogens (tertiary/aromatic N) is 1. The molecule has 0 saturated heterocycles. The zero-order chi connectivity index (χ0) is 17.1. The number of nitrogens with one attached hydrogen (secondary N) is 1. The zero-order valence-electron chi connectivity index (χ0n) is 13.3. The van der Waals surface area contributed by atoms with Crippen LogP contribution in [0.2, 0.25) is 0 Å². The minimum atomic E-state index is -0.434. The third kappa shape index (κ3) is 3.22. The van der Waals surface area contributed by atoms with Crippen LogP contribution in [0.25, 0.3) is 0 Å². The average molecular weight is 326 g/mol. The highest BCUT2D eigenvalue weighted by atomic mass is 16.6. The minimum absolute atomic E-state index is 0.0230. The molecule has 1 fully saturated rings. The third-order valence-corrected chi connectivity index (χ3v) is 4.31. The zero-order valence-corrected chi connectivity index (χ0v) is 13.3. The molecule has 124 valence electrons. The molecule has 1 aliphatic carbocycles. The second kappa shape index (κ2) is 6.70. The number of nitro groups is 1. The molecule has 0 radical (unpaired) electrons. The fourth-order valence-electron chi connectivity index (χ4n) is 2.95. The Hall–Kier alpha value is -2.89. The van der Waals surface area contributed by atoms with E-state index in [2.05, 4.69) is 5.32 Å². The predicted molar refractivity (Wildman–Crippen MR) is 88.8 cm³/mol. The summed E-state index contributed by atoms with van der Waals surface area (Å²) in [4.78, 5) is 22.9. The topological polar surface area (TPSA) is 81.5 Å². The number of carbonyl (C=O) groups is 1. The Kier molecular flexibility index (Phi) is 4.46. The molecule has 1 N–H and O–H groups in total. The van der Waals surface area contributed by atoms with Gasteiger partial charge in [0.05, 0.1) is 12.0 Å². The van der Waals surface area contributed by atoms with E-state index in [1.807, 2.05) is 24.3 Å². The number of carbonyl (C=O) groups excluding carboxylic acids is 1. The van der Waals surface area contributed by atoms with E-state index in [-0.39, 0.29) is 30.0 Å². The number of amides is 1. The van der Waals surface area contributed by atoms with Gasteiger partial charge in [-0.2, -0.15) is 0 Å². The predicted octanol–water partition coefficient (Wildman–Crippen LogP) is 3.02. The molecule has 6 nitrogen and oxygen atoms in total. The maximum Gasteiger partial charge on any atom is 0.274 e. The Balaban J connectivity index is 1.63. The van der Waals surface area contributed by atoms with Crippen molar-refractivity contribution < 1.29 is 14.5 Å². The van der Waals surface area contributed by atoms with Crippen LogP contribution in [0.5, 0.6) is 5.75 Å². The average Bonchev–Trinajstić information content (AvgIpc) is 3.40. The maximum atomic E-state index is 12.3. The molecular formula is C18H18N2O4. The van der Waals surface area contributed by atoms with Gasteiger partial charge in [0.1, 0.15) is 5.75 Å². The summed E-state index contributed by atoms with van der Waals surface area (Å²) in [6.07, 6.45) is 0.767. The second-order valence-electron chi connectivity index (χ2n) is 5.79. The number of ether oxygens (including phenoxy) is 1. The van der Waals surface area contributed by atoms with Gasteiger partial charge in [-0.25, -0.2) is 0 Å². The highest BCUT2D eigenvalue weighted by molar-refractivity contribution is 5.83. The molecule has 1 aliphatic rings. The molecule has 3 rings (SSSR count). The molecule has 0 aliphatic heterocycles. The molecule has 0 aromatic heterocycles. The molecule has 0 spiro atoms. The summed E-state index contributed by atoms with van der Waals surface area (Å²) < 4.78 is 5.34. The van der Waals surface area contributed by atoms with E-state index in [0.717, 1.165) is 17.7 Å². The van der Waals surface area contributed by atoms with Crippen LogP contribution in [0.15, 0.2) is 48.5 Å². The first-order valence-corrected chi connectivity index (χ1v) is 7.74. The first-order valence-electron chi connectivity index (χ1n) is 7.74. The number of hydrogen-bond donors (Lipinski definition) is 1. The van der Waals surface area contributed by atoms with Crippen molar-refractivity contribution in [2.45, 2.75) is 18.9 Å². The number of benzene rings is 2. The van der Waals surface area contributed by atoms with Gasteiger partial charge in [0.25, 0.3) is 5.69 Å². The molecule has 2 aromatic rings. The number of rotatable bonds is 6. The van der Waals surface area contributed by atoms with E-state index in [9.17, 15) is 14.9 Å². The lowest BCUT2D eigenvalue weighted by Gasteiger charge is -2.08. The van der Waals surface area contributed by atoms with Crippen LogP contribution < -0.4 is 10.1 Å².